The van der Waals surface area contributed by atoms with Gasteiger partial charge >= 0.3 is 10.0 Å². The molecular weight excluding hydrogens is 200 g/mol. The molecule has 0 aromatic heterocycles. The lowest BCUT2D eigenvalue weighted by atomic mass is 10.3. The molecule has 0 rings (SSSR count). The molecule has 0 fully saturated rings. The Balaban J connectivity index is 3.30. The van der Waals surface area contributed by atoms with Crippen molar-refractivity contribution in [3.05, 3.63) is 0 Å². The lowest BCUT2D eigenvalue weighted by molar-refractivity contribution is -0.140. The quantitative estimate of drug-likeness (QED) is 0.316. The van der Waals surface area contributed by atoms with Crippen molar-refractivity contribution in [1.29, 1.82) is 0 Å². The molecular formula is C9H20O4Si. The van der Waals surface area contributed by atoms with E-state index in [0.29, 0.717) is 19.8 Å². The molecule has 0 aromatic rings. The zero-order valence-corrected chi connectivity index (χ0v) is 10.2. The van der Waals surface area contributed by atoms with Crippen LogP contribution < -0.4 is 0 Å². The number of hydrogen-bond acceptors (Lipinski definition) is 4. The van der Waals surface area contributed by atoms with Crippen molar-refractivity contribution in [3.63, 3.8) is 0 Å². The van der Waals surface area contributed by atoms with Gasteiger partial charge in [0.05, 0.1) is 0 Å². The molecule has 0 aliphatic carbocycles. The van der Waals surface area contributed by atoms with Crippen LogP contribution in [-0.4, -0.2) is 43.2 Å². The van der Waals surface area contributed by atoms with Crippen molar-refractivity contribution in [2.45, 2.75) is 33.0 Å². The third-order valence-electron chi connectivity index (χ3n) is 1.53. The molecule has 0 saturated heterocycles. The van der Waals surface area contributed by atoms with E-state index in [4.69, 9.17) is 18.3 Å². The van der Waals surface area contributed by atoms with Crippen LogP contribution in [0.3, 0.4) is 0 Å². The molecule has 0 aromatic carbocycles. The molecule has 0 unspecified atom stereocenters. The third kappa shape index (κ3) is 8.65. The molecule has 5 heteroatoms. The van der Waals surface area contributed by atoms with Gasteiger partial charge in [0.15, 0.2) is 6.29 Å². The van der Waals surface area contributed by atoms with E-state index in [1.165, 1.54) is 0 Å². The van der Waals surface area contributed by atoms with Crippen molar-refractivity contribution in [2.75, 3.05) is 26.9 Å². The summed E-state index contributed by atoms with van der Waals surface area (Å²) in [5, 5.41) is 0. The van der Waals surface area contributed by atoms with Crippen LogP contribution in [0, 0.1) is 0 Å². The summed E-state index contributed by atoms with van der Waals surface area (Å²) in [5.41, 5.74) is 0. The molecule has 2 radical (unpaired) electrons. The number of rotatable bonds is 10. The van der Waals surface area contributed by atoms with E-state index in [-0.39, 0.29) is 16.3 Å². The van der Waals surface area contributed by atoms with Gasteiger partial charge in [-0.15, -0.1) is 0 Å². The molecule has 0 spiro atoms. The molecule has 0 heterocycles. The molecule has 0 saturated carbocycles. The first kappa shape index (κ1) is 14.1. The summed E-state index contributed by atoms with van der Waals surface area (Å²) in [4.78, 5) is 0. The highest BCUT2D eigenvalue weighted by Gasteiger charge is 2.06. The van der Waals surface area contributed by atoms with Crippen LogP contribution in [0.2, 0.25) is 0 Å². The SMILES string of the molecule is CCOC(CCCO[Si]OC)OCC. The Hall–Kier alpha value is 0.0569. The largest absolute Gasteiger partial charge is 0.433 e. The first-order chi connectivity index (χ1) is 6.85. The zero-order valence-electron chi connectivity index (χ0n) is 9.25. The van der Waals surface area contributed by atoms with Gasteiger partial charge in [-0.25, -0.2) is 0 Å². The minimum atomic E-state index is -0.0838. The summed E-state index contributed by atoms with van der Waals surface area (Å²) >= 11 is 0. The second-order valence-corrected chi connectivity index (χ2v) is 3.48. The van der Waals surface area contributed by atoms with E-state index < -0.39 is 0 Å². The van der Waals surface area contributed by atoms with Crippen LogP contribution in [0.5, 0.6) is 0 Å². The van der Waals surface area contributed by atoms with Gasteiger partial charge in [0, 0.05) is 33.4 Å². The van der Waals surface area contributed by atoms with Crippen LogP contribution in [-0.2, 0) is 18.3 Å². The second-order valence-electron chi connectivity index (χ2n) is 2.62. The smallest absolute Gasteiger partial charge is 0.396 e. The molecule has 4 nitrogen and oxygen atoms in total. The summed E-state index contributed by atoms with van der Waals surface area (Å²) in [5.74, 6) is 0. The topological polar surface area (TPSA) is 36.9 Å². The van der Waals surface area contributed by atoms with Gasteiger partial charge in [-0.05, 0) is 20.3 Å². The first-order valence-corrected chi connectivity index (χ1v) is 5.79. The molecule has 84 valence electrons. The maximum Gasteiger partial charge on any atom is 0.433 e. The highest BCUT2D eigenvalue weighted by atomic mass is 28.3. The Kier molecular flexibility index (Phi) is 11.2. The standard InChI is InChI=1S/C9H20O4Si/c1-4-11-9(12-5-2)7-6-8-13-14-10-3/h9H,4-8H2,1-3H3. The molecule has 0 N–H and O–H groups in total. The van der Waals surface area contributed by atoms with Crippen LogP contribution in [0.25, 0.3) is 0 Å². The van der Waals surface area contributed by atoms with E-state index >= 15 is 0 Å². The van der Waals surface area contributed by atoms with Crippen molar-refractivity contribution < 1.29 is 18.3 Å². The predicted octanol–water partition coefficient (Wildman–Crippen LogP) is 1.36. The van der Waals surface area contributed by atoms with Crippen molar-refractivity contribution in [2.24, 2.45) is 0 Å². The zero-order chi connectivity index (χ0) is 10.6. The molecule has 0 amide bonds. The Labute approximate surface area is 88.9 Å². The summed E-state index contributed by atoms with van der Waals surface area (Å²) in [6.07, 6.45) is 1.72. The Morgan fingerprint density at radius 1 is 1.14 bits per heavy atom. The first-order valence-electron chi connectivity index (χ1n) is 4.98. The molecule has 0 bridgehead atoms. The maximum atomic E-state index is 5.38. The fourth-order valence-corrected chi connectivity index (χ4v) is 1.35. The van der Waals surface area contributed by atoms with Gasteiger partial charge in [0.2, 0.25) is 0 Å². The van der Waals surface area contributed by atoms with Gasteiger partial charge in [-0.2, -0.15) is 0 Å². The normalized spacial score (nSPS) is 11.1. The van der Waals surface area contributed by atoms with E-state index in [1.54, 1.807) is 7.11 Å². The molecule has 0 aliphatic heterocycles. The minimum Gasteiger partial charge on any atom is -0.396 e. The van der Waals surface area contributed by atoms with Crippen LogP contribution in [0.1, 0.15) is 26.7 Å². The fourth-order valence-electron chi connectivity index (χ4n) is 1.01. The average Bonchev–Trinajstić information content (AvgIpc) is 2.18. The lowest BCUT2D eigenvalue weighted by Crippen LogP contribution is -2.18. The summed E-state index contributed by atoms with van der Waals surface area (Å²) < 4.78 is 20.7. The van der Waals surface area contributed by atoms with Crippen molar-refractivity contribution >= 4 is 10.0 Å². The van der Waals surface area contributed by atoms with Crippen molar-refractivity contribution in [1.82, 2.24) is 0 Å². The van der Waals surface area contributed by atoms with E-state index in [0.717, 1.165) is 12.8 Å². The van der Waals surface area contributed by atoms with Crippen molar-refractivity contribution in [3.8, 4) is 0 Å². The maximum absolute atomic E-state index is 5.38. The summed E-state index contributed by atoms with van der Waals surface area (Å²) in [6.45, 7) is 6.00. The molecule has 0 atom stereocenters. The number of hydrogen-bond donors (Lipinski definition) is 0. The summed E-state index contributed by atoms with van der Waals surface area (Å²) in [7, 11) is 1.77. The van der Waals surface area contributed by atoms with Gasteiger partial charge in [-0.1, -0.05) is 0 Å². The van der Waals surface area contributed by atoms with Crippen LogP contribution >= 0.6 is 0 Å². The Bertz CT molecular complexity index is 107. The van der Waals surface area contributed by atoms with E-state index in [9.17, 15) is 0 Å². The predicted molar refractivity (Wildman–Crippen MR) is 55.0 cm³/mol. The highest BCUT2D eigenvalue weighted by molar-refractivity contribution is 6.17. The van der Waals surface area contributed by atoms with Crippen LogP contribution in [0.4, 0.5) is 0 Å². The Morgan fingerprint density at radius 2 is 1.79 bits per heavy atom. The molecule has 14 heavy (non-hydrogen) atoms. The molecule has 0 aliphatic rings. The average molecular weight is 220 g/mol. The lowest BCUT2D eigenvalue weighted by Gasteiger charge is -2.16. The van der Waals surface area contributed by atoms with Gasteiger partial charge < -0.3 is 18.3 Å². The second kappa shape index (κ2) is 11.1. The summed E-state index contributed by atoms with van der Waals surface area (Å²) in [6, 6.07) is 0. The highest BCUT2D eigenvalue weighted by Crippen LogP contribution is 2.04. The Morgan fingerprint density at radius 3 is 2.29 bits per heavy atom. The van der Waals surface area contributed by atoms with E-state index in [1.807, 2.05) is 13.8 Å². The van der Waals surface area contributed by atoms with E-state index in [2.05, 4.69) is 0 Å². The monoisotopic (exact) mass is 220 g/mol. The number of ether oxygens (including phenoxy) is 2. The fraction of sp³-hybridized carbons (Fsp3) is 1.00. The van der Waals surface area contributed by atoms with Gasteiger partial charge in [-0.3, -0.25) is 0 Å². The van der Waals surface area contributed by atoms with Crippen LogP contribution in [0.15, 0.2) is 0 Å². The van der Waals surface area contributed by atoms with Gasteiger partial charge in [0.25, 0.3) is 0 Å². The van der Waals surface area contributed by atoms with Gasteiger partial charge in [0.1, 0.15) is 0 Å². The third-order valence-corrected chi connectivity index (χ3v) is 2.02. The minimum absolute atomic E-state index is 0.0838.